The van der Waals surface area contributed by atoms with Gasteiger partial charge in [-0.2, -0.15) is 0 Å². The molecule has 0 fully saturated rings. The fourth-order valence-corrected chi connectivity index (χ4v) is 4.33. The van der Waals surface area contributed by atoms with Crippen molar-refractivity contribution in [1.82, 2.24) is 9.88 Å². The molecule has 7 heteroatoms. The van der Waals surface area contributed by atoms with E-state index in [4.69, 9.17) is 4.74 Å². The lowest BCUT2D eigenvalue weighted by Crippen LogP contribution is -2.29. The minimum Gasteiger partial charge on any atom is -0.383 e. The average Bonchev–Trinajstić information content (AvgIpc) is 3.07. The number of hydrogen-bond donors (Lipinski definition) is 1. The van der Waals surface area contributed by atoms with Crippen LogP contribution in [-0.2, 0) is 11.3 Å². The molecule has 2 aromatic heterocycles. The molecule has 0 aliphatic rings. The van der Waals surface area contributed by atoms with Gasteiger partial charge in [-0.15, -0.1) is 11.3 Å². The zero-order valence-corrected chi connectivity index (χ0v) is 17.0. The van der Waals surface area contributed by atoms with Crippen molar-refractivity contribution in [3.05, 3.63) is 55.9 Å². The molecule has 0 spiro atoms. The van der Waals surface area contributed by atoms with Crippen molar-refractivity contribution in [2.45, 2.75) is 6.54 Å². The van der Waals surface area contributed by atoms with Crippen LogP contribution < -0.4 is 5.32 Å². The van der Waals surface area contributed by atoms with E-state index in [0.29, 0.717) is 25.4 Å². The van der Waals surface area contributed by atoms with Crippen LogP contribution in [0, 0.1) is 0 Å². The Bertz CT molecular complexity index is 855. The van der Waals surface area contributed by atoms with Crippen LogP contribution >= 0.6 is 43.2 Å². The number of carbonyl (C=O) groups is 1. The molecule has 0 atom stereocenters. The van der Waals surface area contributed by atoms with Crippen LogP contribution in [0.15, 0.2) is 44.7 Å². The number of methoxy groups -OCH3 is 1. The maximum absolute atomic E-state index is 12.5. The summed E-state index contributed by atoms with van der Waals surface area (Å²) in [7, 11) is 1.62. The molecule has 126 valence electrons. The lowest BCUT2D eigenvalue weighted by Gasteiger charge is -2.11. The van der Waals surface area contributed by atoms with E-state index in [1.54, 1.807) is 18.4 Å². The predicted octanol–water partition coefficient (Wildman–Crippen LogP) is 4.65. The van der Waals surface area contributed by atoms with Gasteiger partial charge in [-0.3, -0.25) is 4.79 Å². The van der Waals surface area contributed by atoms with E-state index < -0.39 is 0 Å². The Morgan fingerprint density at radius 1 is 1.25 bits per heavy atom. The number of hydrogen-bond acceptors (Lipinski definition) is 3. The van der Waals surface area contributed by atoms with E-state index in [0.717, 1.165) is 24.0 Å². The van der Waals surface area contributed by atoms with E-state index in [-0.39, 0.29) is 5.91 Å². The Morgan fingerprint density at radius 2 is 2.00 bits per heavy atom. The topological polar surface area (TPSA) is 43.3 Å². The van der Waals surface area contributed by atoms with Gasteiger partial charge in [0.05, 0.1) is 20.6 Å². The van der Waals surface area contributed by atoms with Crippen molar-refractivity contribution in [1.29, 1.82) is 0 Å². The summed E-state index contributed by atoms with van der Waals surface area (Å²) in [6.07, 6.45) is 0. The molecular weight excluding hydrogens is 456 g/mol. The van der Waals surface area contributed by atoms with Gasteiger partial charge in [0.25, 0.3) is 5.91 Å². The van der Waals surface area contributed by atoms with E-state index in [1.807, 2.05) is 18.2 Å². The minimum absolute atomic E-state index is 0.0799. The molecule has 3 aromatic rings. The van der Waals surface area contributed by atoms with Gasteiger partial charge >= 0.3 is 0 Å². The van der Waals surface area contributed by atoms with E-state index in [2.05, 4.69) is 59.9 Å². The molecule has 1 amide bonds. The molecule has 2 heterocycles. The summed E-state index contributed by atoms with van der Waals surface area (Å²) in [6, 6.07) is 12.2. The Balaban J connectivity index is 1.94. The Labute approximate surface area is 161 Å². The summed E-state index contributed by atoms with van der Waals surface area (Å²) in [5.74, 6) is -0.0799. The number of aromatic nitrogens is 1. The zero-order valence-electron chi connectivity index (χ0n) is 13.0. The lowest BCUT2D eigenvalue weighted by atomic mass is 10.2. The first-order valence-corrected chi connectivity index (χ1v) is 9.79. The van der Waals surface area contributed by atoms with E-state index in [9.17, 15) is 4.79 Å². The molecule has 0 unspecified atom stereocenters. The smallest absolute Gasteiger partial charge is 0.268 e. The van der Waals surface area contributed by atoms with Crippen molar-refractivity contribution in [2.75, 3.05) is 20.3 Å². The maximum atomic E-state index is 12.5. The third-order valence-electron chi connectivity index (χ3n) is 3.64. The van der Waals surface area contributed by atoms with Crippen LogP contribution in [0.25, 0.3) is 10.2 Å². The summed E-state index contributed by atoms with van der Waals surface area (Å²) in [4.78, 5) is 12.5. The monoisotopic (exact) mass is 470 g/mol. The number of rotatable bonds is 6. The van der Waals surface area contributed by atoms with Gasteiger partial charge < -0.3 is 14.6 Å². The fraction of sp³-hybridized carbons (Fsp3) is 0.235. The molecule has 1 aromatic carbocycles. The number of thiophene rings is 1. The summed E-state index contributed by atoms with van der Waals surface area (Å²) in [6.45, 7) is 1.64. The Kier molecular flexibility index (Phi) is 5.76. The van der Waals surface area contributed by atoms with Crippen LogP contribution in [0.1, 0.15) is 16.1 Å². The van der Waals surface area contributed by atoms with Crippen LogP contribution in [0.3, 0.4) is 0 Å². The summed E-state index contributed by atoms with van der Waals surface area (Å²) in [5.41, 5.74) is 2.87. The quantitative estimate of drug-likeness (QED) is 0.531. The van der Waals surface area contributed by atoms with Crippen molar-refractivity contribution in [3.63, 3.8) is 0 Å². The van der Waals surface area contributed by atoms with E-state index in [1.165, 1.54) is 0 Å². The zero-order chi connectivity index (χ0) is 17.1. The number of nitrogens with one attached hydrogen (secondary N) is 1. The van der Waals surface area contributed by atoms with Crippen LogP contribution in [-0.4, -0.2) is 30.7 Å². The predicted molar refractivity (Wildman–Crippen MR) is 105 cm³/mol. The highest BCUT2D eigenvalue weighted by molar-refractivity contribution is 9.11. The van der Waals surface area contributed by atoms with Crippen LogP contribution in [0.4, 0.5) is 0 Å². The summed E-state index contributed by atoms with van der Waals surface area (Å²) in [5, 5.41) is 2.90. The largest absolute Gasteiger partial charge is 0.383 e. The Morgan fingerprint density at radius 3 is 2.71 bits per heavy atom. The molecule has 0 saturated heterocycles. The van der Waals surface area contributed by atoms with Crippen molar-refractivity contribution in [3.8, 4) is 0 Å². The lowest BCUT2D eigenvalue weighted by molar-refractivity contribution is 0.0929. The molecule has 0 saturated carbocycles. The average molecular weight is 472 g/mol. The second kappa shape index (κ2) is 7.82. The van der Waals surface area contributed by atoms with E-state index >= 15 is 0 Å². The molecular formula is C17H16Br2N2O2S. The van der Waals surface area contributed by atoms with Crippen molar-refractivity contribution in [2.24, 2.45) is 0 Å². The third kappa shape index (κ3) is 3.91. The number of halogens is 2. The van der Waals surface area contributed by atoms with Crippen LogP contribution in [0.5, 0.6) is 0 Å². The third-order valence-corrected chi connectivity index (χ3v) is 5.74. The number of amides is 1. The first kappa shape index (κ1) is 17.7. The first-order chi connectivity index (χ1) is 11.6. The second-order valence-corrected chi connectivity index (χ2v) is 8.67. The minimum atomic E-state index is -0.0799. The normalized spacial score (nSPS) is 11.1. The molecule has 0 aliphatic heterocycles. The molecule has 0 bridgehead atoms. The molecule has 1 N–H and O–H groups in total. The molecule has 3 rings (SSSR count). The Hall–Kier alpha value is -1.15. The van der Waals surface area contributed by atoms with Gasteiger partial charge in [-0.05, 0) is 45.8 Å². The maximum Gasteiger partial charge on any atom is 0.268 e. The highest BCUT2D eigenvalue weighted by atomic mass is 79.9. The number of carbonyl (C=O) groups excluding carboxylic acids is 1. The number of ether oxygens (including phenoxy) is 1. The molecule has 4 nitrogen and oxygen atoms in total. The summed E-state index contributed by atoms with van der Waals surface area (Å²) < 4.78 is 10.2. The van der Waals surface area contributed by atoms with Gasteiger partial charge in [-0.25, -0.2) is 0 Å². The highest BCUT2D eigenvalue weighted by Crippen LogP contribution is 2.33. The van der Waals surface area contributed by atoms with Gasteiger partial charge in [0.1, 0.15) is 5.69 Å². The van der Waals surface area contributed by atoms with Gasteiger partial charge in [-0.1, -0.05) is 28.1 Å². The number of nitrogens with zero attached hydrogens (tertiary/aromatic N) is 1. The summed E-state index contributed by atoms with van der Waals surface area (Å²) >= 11 is 8.61. The van der Waals surface area contributed by atoms with Gasteiger partial charge in [0.15, 0.2) is 0 Å². The van der Waals surface area contributed by atoms with Gasteiger partial charge in [0, 0.05) is 24.7 Å². The first-order valence-electron chi connectivity index (χ1n) is 7.38. The second-order valence-electron chi connectivity index (χ2n) is 5.29. The SMILES string of the molecule is COCCNC(=O)c1cc2sc(Br)cc2n1Cc1ccc(Br)cc1. The highest BCUT2D eigenvalue weighted by Gasteiger charge is 2.17. The van der Waals surface area contributed by atoms with Gasteiger partial charge in [0.2, 0.25) is 0 Å². The van der Waals surface area contributed by atoms with Crippen molar-refractivity contribution >= 4 is 59.3 Å². The number of benzene rings is 1. The molecule has 0 aliphatic carbocycles. The molecule has 0 radical (unpaired) electrons. The van der Waals surface area contributed by atoms with Crippen LogP contribution in [0.2, 0.25) is 0 Å². The number of fused-ring (bicyclic) bond motifs is 1. The fourth-order valence-electron chi connectivity index (χ4n) is 2.50. The van der Waals surface area contributed by atoms with Crippen molar-refractivity contribution < 1.29 is 9.53 Å². The molecule has 24 heavy (non-hydrogen) atoms. The standard InChI is InChI=1S/C17H16Br2N2O2S/c1-23-7-6-20-17(22)14-8-15-13(9-16(19)24-15)21(14)10-11-2-4-12(18)5-3-11/h2-5,8-9H,6-7,10H2,1H3,(H,20,22).